The van der Waals surface area contributed by atoms with Crippen molar-refractivity contribution in [3.63, 3.8) is 0 Å². The van der Waals surface area contributed by atoms with Crippen molar-refractivity contribution in [2.75, 3.05) is 26.2 Å². The number of carbonyl (C=O) groups excluding carboxylic acids is 1. The predicted octanol–water partition coefficient (Wildman–Crippen LogP) is 5.66. The van der Waals surface area contributed by atoms with E-state index in [4.69, 9.17) is 4.98 Å². The molecule has 0 saturated heterocycles. The molecule has 0 aliphatic heterocycles. The number of allylic oxidation sites excluding steroid dienone is 1. The number of amides is 1. The van der Waals surface area contributed by atoms with Crippen molar-refractivity contribution in [3.05, 3.63) is 77.6 Å². The molecule has 0 bridgehead atoms. The normalized spacial score (nSPS) is 11.7. The number of nitrogens with zero attached hydrogens (tertiary/aromatic N) is 4. The van der Waals surface area contributed by atoms with Crippen molar-refractivity contribution in [1.82, 2.24) is 19.4 Å². The predicted molar refractivity (Wildman–Crippen MR) is 133 cm³/mol. The molecule has 0 spiro atoms. The molecule has 2 aromatic carbocycles. The lowest BCUT2D eigenvalue weighted by Crippen LogP contribution is -2.33. The van der Waals surface area contributed by atoms with Crippen molar-refractivity contribution < 1.29 is 13.6 Å². The molecular weight excluding hydrogens is 434 g/mol. The summed E-state index contributed by atoms with van der Waals surface area (Å²) >= 11 is 0. The zero-order valence-corrected chi connectivity index (χ0v) is 20.3. The highest BCUT2D eigenvalue weighted by atomic mass is 19.2. The summed E-state index contributed by atoms with van der Waals surface area (Å²) in [5.74, 6) is -1.94. The monoisotopic (exact) mass is 468 g/mol. The third-order valence-electron chi connectivity index (χ3n) is 6.03. The van der Waals surface area contributed by atoms with Gasteiger partial charge >= 0.3 is 0 Å². The Morgan fingerprint density at radius 2 is 1.79 bits per heavy atom. The van der Waals surface area contributed by atoms with E-state index in [0.29, 0.717) is 13.1 Å². The number of carbonyl (C=O) groups is 1. The number of fused-ring (bicyclic) bond motifs is 1. The van der Waals surface area contributed by atoms with E-state index in [9.17, 15) is 13.6 Å². The third-order valence-corrected chi connectivity index (χ3v) is 6.03. The van der Waals surface area contributed by atoms with Gasteiger partial charge in [-0.15, -0.1) is 0 Å². The molecule has 0 aliphatic carbocycles. The molecule has 3 aromatic rings. The molecule has 1 amide bonds. The van der Waals surface area contributed by atoms with Crippen LogP contribution in [0.3, 0.4) is 0 Å². The first kappa shape index (κ1) is 25.6. The lowest BCUT2D eigenvalue weighted by atomic mass is 10.1. The van der Waals surface area contributed by atoms with Gasteiger partial charge in [-0.05, 0) is 43.8 Å². The van der Waals surface area contributed by atoms with Gasteiger partial charge in [0.05, 0.1) is 23.1 Å². The van der Waals surface area contributed by atoms with Gasteiger partial charge in [0.25, 0.3) is 5.91 Å². The topological polar surface area (TPSA) is 41.4 Å². The second-order valence-electron chi connectivity index (χ2n) is 8.27. The van der Waals surface area contributed by atoms with E-state index in [1.54, 1.807) is 4.90 Å². The van der Waals surface area contributed by atoms with Gasteiger partial charge < -0.3 is 14.4 Å². The van der Waals surface area contributed by atoms with Gasteiger partial charge in [0, 0.05) is 19.6 Å². The minimum Gasteiger partial charge on any atom is -0.331 e. The molecule has 0 saturated carbocycles. The quantitative estimate of drug-likeness (QED) is 0.322. The molecule has 3 rings (SSSR count). The standard InChI is InChI=1S/C27H34F2N4O/c1-4-7-18-32(27(34)21-13-12-14-22(28)26(21)29)20-25-30-23-15-8-9-16-24(23)33(25)19-11-10-17-31(5-2)6-3/h8-16H,4-7,17-20H2,1-3H3. The highest BCUT2D eigenvalue weighted by Gasteiger charge is 2.23. The Balaban J connectivity index is 1.90. The molecule has 0 radical (unpaired) electrons. The molecule has 182 valence electrons. The van der Waals surface area contributed by atoms with Crippen LogP contribution in [0.4, 0.5) is 8.78 Å². The number of likely N-dealkylation sites (N-methyl/N-ethyl adjacent to an activating group) is 1. The maximum atomic E-state index is 14.4. The molecular formula is C27H34F2N4O. The number of aromatic nitrogens is 2. The van der Waals surface area contributed by atoms with Gasteiger partial charge in [0.15, 0.2) is 11.6 Å². The van der Waals surface area contributed by atoms with Crippen LogP contribution in [0.25, 0.3) is 11.0 Å². The first-order valence-corrected chi connectivity index (χ1v) is 12.0. The van der Waals surface area contributed by atoms with E-state index in [2.05, 4.69) is 35.5 Å². The molecule has 1 heterocycles. The Labute approximate surface area is 200 Å². The van der Waals surface area contributed by atoms with Gasteiger partial charge in [-0.1, -0.05) is 57.5 Å². The summed E-state index contributed by atoms with van der Waals surface area (Å²) in [4.78, 5) is 21.9. The fraction of sp³-hybridized carbons (Fsp3) is 0.407. The highest BCUT2D eigenvalue weighted by Crippen LogP contribution is 2.20. The Morgan fingerprint density at radius 3 is 2.53 bits per heavy atom. The van der Waals surface area contributed by atoms with E-state index >= 15 is 0 Å². The Bertz CT molecular complexity index is 1120. The average molecular weight is 469 g/mol. The molecule has 5 nitrogen and oxygen atoms in total. The van der Waals surface area contributed by atoms with Crippen molar-refractivity contribution in [2.45, 2.75) is 46.7 Å². The number of imidazole rings is 1. The summed E-state index contributed by atoms with van der Waals surface area (Å²) in [5, 5.41) is 0. The smallest absolute Gasteiger partial charge is 0.257 e. The Hall–Kier alpha value is -3.06. The summed E-state index contributed by atoms with van der Waals surface area (Å²) in [5.41, 5.74) is 1.57. The Morgan fingerprint density at radius 1 is 1.03 bits per heavy atom. The number of para-hydroxylation sites is 2. The molecule has 7 heteroatoms. The first-order valence-electron chi connectivity index (χ1n) is 12.0. The number of unbranched alkanes of at least 4 members (excludes halogenated alkanes) is 1. The minimum absolute atomic E-state index is 0.216. The second-order valence-corrected chi connectivity index (χ2v) is 8.27. The van der Waals surface area contributed by atoms with Gasteiger partial charge in [0.1, 0.15) is 5.82 Å². The van der Waals surface area contributed by atoms with Crippen LogP contribution in [0, 0.1) is 11.6 Å². The SMILES string of the molecule is CCCCN(Cc1nc2ccccc2n1CC=CCN(CC)CC)C(=O)c1cccc(F)c1F. The van der Waals surface area contributed by atoms with Crippen LogP contribution in [0.2, 0.25) is 0 Å². The summed E-state index contributed by atoms with van der Waals surface area (Å²) in [7, 11) is 0. The lowest BCUT2D eigenvalue weighted by molar-refractivity contribution is 0.0729. The van der Waals surface area contributed by atoms with Crippen LogP contribution < -0.4 is 0 Å². The first-order chi connectivity index (χ1) is 16.5. The molecule has 1 aromatic heterocycles. The van der Waals surface area contributed by atoms with Crippen molar-refractivity contribution in [2.24, 2.45) is 0 Å². The maximum Gasteiger partial charge on any atom is 0.257 e. The number of hydrogen-bond donors (Lipinski definition) is 0. The number of hydrogen-bond acceptors (Lipinski definition) is 3. The van der Waals surface area contributed by atoms with Gasteiger partial charge in [0.2, 0.25) is 0 Å². The largest absolute Gasteiger partial charge is 0.331 e. The zero-order valence-electron chi connectivity index (χ0n) is 20.3. The van der Waals surface area contributed by atoms with E-state index in [1.807, 2.05) is 31.2 Å². The van der Waals surface area contributed by atoms with Crippen LogP contribution >= 0.6 is 0 Å². The maximum absolute atomic E-state index is 14.4. The Kier molecular flexibility index (Phi) is 9.33. The number of rotatable bonds is 12. The van der Waals surface area contributed by atoms with Crippen molar-refractivity contribution >= 4 is 16.9 Å². The molecule has 0 N–H and O–H groups in total. The molecule has 0 atom stereocenters. The van der Waals surface area contributed by atoms with Gasteiger partial charge in [-0.25, -0.2) is 13.8 Å². The van der Waals surface area contributed by atoms with E-state index < -0.39 is 17.5 Å². The average Bonchev–Trinajstić information content (AvgIpc) is 3.20. The van der Waals surface area contributed by atoms with Crippen LogP contribution in [-0.2, 0) is 13.1 Å². The summed E-state index contributed by atoms with van der Waals surface area (Å²) in [6.45, 7) is 10.4. The van der Waals surface area contributed by atoms with Crippen LogP contribution in [0.1, 0.15) is 49.8 Å². The summed E-state index contributed by atoms with van der Waals surface area (Å²) < 4.78 is 30.3. The lowest BCUT2D eigenvalue weighted by Gasteiger charge is -2.23. The van der Waals surface area contributed by atoms with Gasteiger partial charge in [-0.2, -0.15) is 0 Å². The van der Waals surface area contributed by atoms with Crippen LogP contribution in [0.5, 0.6) is 0 Å². The van der Waals surface area contributed by atoms with Crippen molar-refractivity contribution in [3.8, 4) is 0 Å². The summed E-state index contributed by atoms with van der Waals surface area (Å²) in [6, 6.07) is 11.6. The van der Waals surface area contributed by atoms with E-state index in [1.165, 1.54) is 12.1 Å². The minimum atomic E-state index is -1.11. The van der Waals surface area contributed by atoms with E-state index in [0.717, 1.165) is 55.4 Å². The van der Waals surface area contributed by atoms with E-state index in [-0.39, 0.29) is 12.1 Å². The fourth-order valence-corrected chi connectivity index (χ4v) is 3.95. The van der Waals surface area contributed by atoms with Gasteiger partial charge in [-0.3, -0.25) is 4.79 Å². The van der Waals surface area contributed by atoms with Crippen molar-refractivity contribution in [1.29, 1.82) is 0 Å². The van der Waals surface area contributed by atoms with Crippen LogP contribution in [0.15, 0.2) is 54.6 Å². The molecule has 0 fully saturated rings. The number of halogens is 2. The highest BCUT2D eigenvalue weighted by molar-refractivity contribution is 5.94. The molecule has 0 aliphatic rings. The fourth-order valence-electron chi connectivity index (χ4n) is 3.95. The second kappa shape index (κ2) is 12.4. The number of benzene rings is 2. The zero-order chi connectivity index (χ0) is 24.5. The van der Waals surface area contributed by atoms with Crippen LogP contribution in [-0.4, -0.2) is 51.4 Å². The third kappa shape index (κ3) is 6.08. The molecule has 34 heavy (non-hydrogen) atoms. The summed E-state index contributed by atoms with van der Waals surface area (Å²) in [6.07, 6.45) is 5.89. The molecule has 0 unspecified atom stereocenters.